The Kier molecular flexibility index (Phi) is 6.05. The van der Waals surface area contributed by atoms with Gasteiger partial charge in [-0.1, -0.05) is 19.1 Å². The first-order chi connectivity index (χ1) is 10.3. The third kappa shape index (κ3) is 4.21. The van der Waals surface area contributed by atoms with E-state index in [1.807, 2.05) is 6.07 Å². The van der Waals surface area contributed by atoms with E-state index < -0.39 is 0 Å². The predicted octanol–water partition coefficient (Wildman–Crippen LogP) is 2.58. The highest BCUT2D eigenvalue weighted by Crippen LogP contribution is 2.35. The van der Waals surface area contributed by atoms with Gasteiger partial charge in [0, 0.05) is 13.1 Å². The zero-order chi connectivity index (χ0) is 15.1. The molecular formula is C17H26N2O2. The second kappa shape index (κ2) is 8.03. The van der Waals surface area contributed by atoms with Crippen LogP contribution >= 0.6 is 0 Å². The summed E-state index contributed by atoms with van der Waals surface area (Å²) in [4.78, 5) is 11.3. The van der Waals surface area contributed by atoms with Crippen molar-refractivity contribution in [1.29, 1.82) is 0 Å². The van der Waals surface area contributed by atoms with Crippen LogP contribution in [0.3, 0.4) is 0 Å². The fourth-order valence-corrected chi connectivity index (χ4v) is 2.86. The Balaban J connectivity index is 2.05. The number of hydrogen-bond acceptors (Lipinski definition) is 3. The molecule has 1 amide bonds. The van der Waals surface area contributed by atoms with Crippen molar-refractivity contribution < 1.29 is 9.53 Å². The van der Waals surface area contributed by atoms with Gasteiger partial charge in [-0.3, -0.25) is 4.79 Å². The molecule has 0 saturated carbocycles. The van der Waals surface area contributed by atoms with Gasteiger partial charge in [-0.2, -0.15) is 0 Å². The first-order valence-electron chi connectivity index (χ1n) is 7.94. The Labute approximate surface area is 127 Å². The van der Waals surface area contributed by atoms with Crippen molar-refractivity contribution in [2.75, 3.05) is 20.2 Å². The average Bonchev–Trinajstić information content (AvgIpc) is 2.52. The molecule has 0 aromatic heterocycles. The highest BCUT2D eigenvalue weighted by Gasteiger charge is 2.22. The van der Waals surface area contributed by atoms with Gasteiger partial charge in [0.15, 0.2) is 0 Å². The number of carbonyl (C=O) groups is 1. The van der Waals surface area contributed by atoms with E-state index in [2.05, 4.69) is 29.7 Å². The molecule has 0 spiro atoms. The van der Waals surface area contributed by atoms with Gasteiger partial charge in [-0.25, -0.2) is 0 Å². The van der Waals surface area contributed by atoms with Gasteiger partial charge in [0.2, 0.25) is 5.91 Å². The molecule has 0 heterocycles. The SMILES string of the molecule is CCCNC1CCCc2c(OCCC(=O)NC)cccc21. The molecule has 1 aromatic carbocycles. The minimum Gasteiger partial charge on any atom is -0.493 e. The van der Waals surface area contributed by atoms with Crippen molar-refractivity contribution in [3.63, 3.8) is 0 Å². The van der Waals surface area contributed by atoms with Crippen LogP contribution in [0, 0.1) is 0 Å². The van der Waals surface area contributed by atoms with E-state index in [0.717, 1.165) is 25.1 Å². The summed E-state index contributed by atoms with van der Waals surface area (Å²) in [6, 6.07) is 6.72. The number of benzene rings is 1. The highest BCUT2D eigenvalue weighted by molar-refractivity contribution is 5.75. The minimum atomic E-state index is 0.0160. The van der Waals surface area contributed by atoms with E-state index in [1.165, 1.54) is 24.0 Å². The summed E-state index contributed by atoms with van der Waals surface area (Å²) in [6.45, 7) is 3.67. The number of hydrogen-bond donors (Lipinski definition) is 2. The largest absolute Gasteiger partial charge is 0.493 e. The van der Waals surface area contributed by atoms with Crippen LogP contribution in [0.25, 0.3) is 0 Å². The molecule has 0 fully saturated rings. The molecule has 1 aliphatic rings. The third-order valence-corrected chi connectivity index (χ3v) is 3.97. The summed E-state index contributed by atoms with van der Waals surface area (Å²) in [5, 5.41) is 6.23. The number of nitrogens with one attached hydrogen (secondary N) is 2. The van der Waals surface area contributed by atoms with E-state index in [-0.39, 0.29) is 5.91 Å². The standard InChI is InChI=1S/C17H26N2O2/c1-3-11-19-15-8-4-7-14-13(15)6-5-9-16(14)21-12-10-17(20)18-2/h5-6,9,15,19H,3-4,7-8,10-12H2,1-2H3,(H,18,20). The average molecular weight is 290 g/mol. The fraction of sp³-hybridized carbons (Fsp3) is 0.588. The monoisotopic (exact) mass is 290 g/mol. The quantitative estimate of drug-likeness (QED) is 0.811. The Bertz CT molecular complexity index is 474. The molecule has 1 atom stereocenters. The van der Waals surface area contributed by atoms with Crippen LogP contribution in [0.5, 0.6) is 5.75 Å². The van der Waals surface area contributed by atoms with Gasteiger partial charge in [0.05, 0.1) is 13.0 Å². The fourth-order valence-electron chi connectivity index (χ4n) is 2.86. The van der Waals surface area contributed by atoms with Gasteiger partial charge < -0.3 is 15.4 Å². The van der Waals surface area contributed by atoms with Crippen molar-refractivity contribution in [1.82, 2.24) is 10.6 Å². The summed E-state index contributed by atoms with van der Waals surface area (Å²) in [6.07, 6.45) is 4.99. The van der Waals surface area contributed by atoms with Gasteiger partial charge in [-0.15, -0.1) is 0 Å². The summed E-state index contributed by atoms with van der Waals surface area (Å²) in [7, 11) is 1.65. The van der Waals surface area contributed by atoms with Crippen molar-refractivity contribution in [3.8, 4) is 5.75 Å². The maximum Gasteiger partial charge on any atom is 0.223 e. The van der Waals surface area contributed by atoms with Crippen molar-refractivity contribution in [2.45, 2.75) is 45.1 Å². The lowest BCUT2D eigenvalue weighted by molar-refractivity contribution is -0.121. The second-order valence-electron chi connectivity index (χ2n) is 5.49. The molecule has 0 radical (unpaired) electrons. The van der Waals surface area contributed by atoms with Crippen LogP contribution in [-0.2, 0) is 11.2 Å². The molecule has 0 aliphatic heterocycles. The molecule has 0 saturated heterocycles. The zero-order valence-electron chi connectivity index (χ0n) is 13.1. The molecule has 4 nitrogen and oxygen atoms in total. The second-order valence-corrected chi connectivity index (χ2v) is 5.49. The molecule has 0 bridgehead atoms. The molecule has 1 unspecified atom stereocenters. The Morgan fingerprint density at radius 3 is 3.05 bits per heavy atom. The lowest BCUT2D eigenvalue weighted by Gasteiger charge is -2.28. The van der Waals surface area contributed by atoms with Crippen molar-refractivity contribution in [3.05, 3.63) is 29.3 Å². The molecule has 2 N–H and O–H groups in total. The Morgan fingerprint density at radius 1 is 1.43 bits per heavy atom. The highest BCUT2D eigenvalue weighted by atomic mass is 16.5. The molecule has 1 aliphatic carbocycles. The van der Waals surface area contributed by atoms with Crippen LogP contribution in [0.1, 0.15) is 49.8 Å². The summed E-state index contributed by atoms with van der Waals surface area (Å²) in [5.41, 5.74) is 2.68. The Morgan fingerprint density at radius 2 is 2.29 bits per heavy atom. The van der Waals surface area contributed by atoms with Crippen LogP contribution < -0.4 is 15.4 Å². The number of rotatable bonds is 7. The third-order valence-electron chi connectivity index (χ3n) is 3.97. The molecule has 4 heteroatoms. The maximum absolute atomic E-state index is 11.3. The smallest absolute Gasteiger partial charge is 0.223 e. The normalized spacial score (nSPS) is 17.1. The topological polar surface area (TPSA) is 50.4 Å². The minimum absolute atomic E-state index is 0.0160. The molecule has 1 aromatic rings. The summed E-state index contributed by atoms with van der Waals surface area (Å²) >= 11 is 0. The lowest BCUT2D eigenvalue weighted by atomic mass is 9.87. The van der Waals surface area contributed by atoms with Gasteiger partial charge in [0.1, 0.15) is 5.75 Å². The number of ether oxygens (including phenoxy) is 1. The number of carbonyl (C=O) groups excluding carboxylic acids is 1. The van der Waals surface area contributed by atoms with Crippen LogP contribution in [0.4, 0.5) is 0 Å². The van der Waals surface area contributed by atoms with E-state index in [0.29, 0.717) is 19.1 Å². The zero-order valence-corrected chi connectivity index (χ0v) is 13.1. The van der Waals surface area contributed by atoms with Crippen molar-refractivity contribution in [2.24, 2.45) is 0 Å². The molecule has 116 valence electrons. The van der Waals surface area contributed by atoms with Crippen LogP contribution in [0.15, 0.2) is 18.2 Å². The first kappa shape index (κ1) is 15.8. The van der Waals surface area contributed by atoms with E-state index in [9.17, 15) is 4.79 Å². The molecular weight excluding hydrogens is 264 g/mol. The lowest BCUT2D eigenvalue weighted by Crippen LogP contribution is -2.26. The van der Waals surface area contributed by atoms with E-state index in [1.54, 1.807) is 7.05 Å². The van der Waals surface area contributed by atoms with E-state index >= 15 is 0 Å². The molecule has 2 rings (SSSR count). The molecule has 21 heavy (non-hydrogen) atoms. The van der Waals surface area contributed by atoms with Crippen molar-refractivity contribution >= 4 is 5.91 Å². The van der Waals surface area contributed by atoms with Gasteiger partial charge >= 0.3 is 0 Å². The number of fused-ring (bicyclic) bond motifs is 1. The van der Waals surface area contributed by atoms with Crippen LogP contribution in [-0.4, -0.2) is 26.1 Å². The first-order valence-corrected chi connectivity index (χ1v) is 7.94. The summed E-state index contributed by atoms with van der Waals surface area (Å²) < 4.78 is 5.84. The van der Waals surface area contributed by atoms with Gasteiger partial charge in [0.25, 0.3) is 0 Å². The van der Waals surface area contributed by atoms with Gasteiger partial charge in [-0.05, 0) is 49.4 Å². The predicted molar refractivity (Wildman–Crippen MR) is 84.6 cm³/mol. The van der Waals surface area contributed by atoms with E-state index in [4.69, 9.17) is 4.74 Å². The maximum atomic E-state index is 11.3. The van der Waals surface area contributed by atoms with Crippen LogP contribution in [0.2, 0.25) is 0 Å². The summed E-state index contributed by atoms with van der Waals surface area (Å²) in [5.74, 6) is 0.960. The number of amides is 1. The Hall–Kier alpha value is -1.55.